The van der Waals surface area contributed by atoms with E-state index in [1.54, 1.807) is 24.3 Å². The molecule has 5 rings (SSSR count). The summed E-state index contributed by atoms with van der Waals surface area (Å²) < 4.78 is 27.2. The zero-order chi connectivity index (χ0) is 21.6. The van der Waals surface area contributed by atoms with Crippen LogP contribution in [0.3, 0.4) is 0 Å². The van der Waals surface area contributed by atoms with E-state index in [2.05, 4.69) is 22.4 Å². The molecule has 0 bridgehead atoms. The van der Waals surface area contributed by atoms with Crippen LogP contribution in [0, 0.1) is 12.8 Å². The third kappa shape index (κ3) is 3.79. The standard InChI is InChI=1S/C23H23N3O3S2/c1-15-6-8-18(9-7-15)31(28,29)26-12-10-16(11-13-26)22(27)25-23-24-21-19-5-3-2-4-17(19)14-20(21)30-23/h2-9,16H,10-14H2,1H3,(H,24,25,27). The van der Waals surface area contributed by atoms with Crippen LogP contribution in [0.5, 0.6) is 0 Å². The van der Waals surface area contributed by atoms with Gasteiger partial charge in [-0.05, 0) is 37.5 Å². The highest BCUT2D eigenvalue weighted by molar-refractivity contribution is 7.89. The molecule has 0 radical (unpaired) electrons. The molecule has 1 saturated heterocycles. The summed E-state index contributed by atoms with van der Waals surface area (Å²) in [6.07, 6.45) is 1.87. The SMILES string of the molecule is Cc1ccc(S(=O)(=O)N2CCC(C(=O)Nc3nc4c(s3)Cc3ccccc3-4)CC2)cc1. The second kappa shape index (κ2) is 7.85. The molecular formula is C23H23N3O3S2. The zero-order valence-corrected chi connectivity index (χ0v) is 18.8. The van der Waals surface area contributed by atoms with E-state index >= 15 is 0 Å². The summed E-state index contributed by atoms with van der Waals surface area (Å²) >= 11 is 1.52. The Morgan fingerprint density at radius 3 is 2.55 bits per heavy atom. The van der Waals surface area contributed by atoms with Crippen LogP contribution in [0.15, 0.2) is 53.4 Å². The third-order valence-electron chi connectivity index (χ3n) is 6.03. The van der Waals surface area contributed by atoms with Crippen molar-refractivity contribution in [1.29, 1.82) is 0 Å². The molecule has 1 aliphatic carbocycles. The summed E-state index contributed by atoms with van der Waals surface area (Å²) in [7, 11) is -3.52. The molecule has 6 nitrogen and oxygen atoms in total. The second-order valence-electron chi connectivity index (χ2n) is 8.11. The molecule has 31 heavy (non-hydrogen) atoms. The lowest BCUT2D eigenvalue weighted by atomic mass is 9.97. The van der Waals surface area contributed by atoms with Crippen LogP contribution in [0.1, 0.15) is 28.8 Å². The molecule has 1 fully saturated rings. The summed E-state index contributed by atoms with van der Waals surface area (Å²) in [6, 6.07) is 15.1. The number of nitrogens with one attached hydrogen (secondary N) is 1. The van der Waals surface area contributed by atoms with Crippen LogP contribution in [0.2, 0.25) is 0 Å². The third-order valence-corrected chi connectivity index (χ3v) is 8.92. The number of fused-ring (bicyclic) bond motifs is 3. The molecule has 1 aromatic heterocycles. The van der Waals surface area contributed by atoms with Gasteiger partial charge in [0, 0.05) is 35.9 Å². The molecule has 0 atom stereocenters. The molecule has 2 heterocycles. The topological polar surface area (TPSA) is 79.4 Å². The molecule has 160 valence electrons. The van der Waals surface area contributed by atoms with Gasteiger partial charge in [-0.3, -0.25) is 4.79 Å². The number of carbonyl (C=O) groups excluding carboxylic acids is 1. The predicted octanol–water partition coefficient (Wildman–Crippen LogP) is 4.06. The van der Waals surface area contributed by atoms with E-state index < -0.39 is 10.0 Å². The van der Waals surface area contributed by atoms with Crippen molar-refractivity contribution in [2.45, 2.75) is 31.1 Å². The number of rotatable bonds is 4. The Balaban J connectivity index is 1.22. The molecule has 2 aliphatic rings. The number of amides is 1. The number of benzene rings is 2. The average Bonchev–Trinajstić information content (AvgIpc) is 3.31. The van der Waals surface area contributed by atoms with Crippen LogP contribution in [-0.2, 0) is 21.2 Å². The first-order valence-corrected chi connectivity index (χ1v) is 12.6. The highest BCUT2D eigenvalue weighted by Crippen LogP contribution is 2.41. The fourth-order valence-corrected chi connectivity index (χ4v) is 6.71. The van der Waals surface area contributed by atoms with Gasteiger partial charge in [0.25, 0.3) is 0 Å². The Kier molecular flexibility index (Phi) is 5.16. The van der Waals surface area contributed by atoms with Crippen molar-refractivity contribution in [2.24, 2.45) is 5.92 Å². The van der Waals surface area contributed by atoms with Crippen molar-refractivity contribution < 1.29 is 13.2 Å². The lowest BCUT2D eigenvalue weighted by molar-refractivity contribution is -0.120. The number of thiazole rings is 1. The largest absolute Gasteiger partial charge is 0.302 e. The summed E-state index contributed by atoms with van der Waals surface area (Å²) in [5.74, 6) is -0.288. The average molecular weight is 454 g/mol. The maximum Gasteiger partial charge on any atom is 0.243 e. The van der Waals surface area contributed by atoms with E-state index in [0.717, 1.165) is 23.2 Å². The van der Waals surface area contributed by atoms with Crippen LogP contribution in [-0.4, -0.2) is 36.7 Å². The number of aryl methyl sites for hydroxylation is 1. The second-order valence-corrected chi connectivity index (χ2v) is 11.1. The Morgan fingerprint density at radius 2 is 1.81 bits per heavy atom. The van der Waals surface area contributed by atoms with Gasteiger partial charge >= 0.3 is 0 Å². The van der Waals surface area contributed by atoms with E-state index in [-0.39, 0.29) is 11.8 Å². The van der Waals surface area contributed by atoms with Crippen molar-refractivity contribution in [3.8, 4) is 11.3 Å². The predicted molar refractivity (Wildman–Crippen MR) is 122 cm³/mol. The highest BCUT2D eigenvalue weighted by atomic mass is 32.2. The molecule has 0 saturated carbocycles. The number of piperidine rings is 1. The summed E-state index contributed by atoms with van der Waals surface area (Å²) in [4.78, 5) is 18.9. The van der Waals surface area contributed by atoms with Gasteiger partial charge in [0.15, 0.2) is 5.13 Å². The van der Waals surface area contributed by atoms with E-state index in [0.29, 0.717) is 36.0 Å². The fraction of sp³-hybridized carbons (Fsp3) is 0.304. The number of aromatic nitrogens is 1. The normalized spacial score (nSPS) is 16.7. The van der Waals surface area contributed by atoms with E-state index in [1.165, 1.54) is 26.1 Å². The van der Waals surface area contributed by atoms with Crippen LogP contribution in [0.25, 0.3) is 11.3 Å². The minimum atomic E-state index is -3.52. The Hall–Kier alpha value is -2.55. The highest BCUT2D eigenvalue weighted by Gasteiger charge is 2.32. The number of nitrogens with zero attached hydrogens (tertiary/aromatic N) is 2. The number of hydrogen-bond donors (Lipinski definition) is 1. The molecule has 0 spiro atoms. The van der Waals surface area contributed by atoms with Gasteiger partial charge in [0.2, 0.25) is 15.9 Å². The molecule has 8 heteroatoms. The molecule has 2 aromatic carbocycles. The van der Waals surface area contributed by atoms with Gasteiger partial charge in [-0.25, -0.2) is 13.4 Å². The first-order valence-electron chi connectivity index (χ1n) is 10.4. The first kappa shape index (κ1) is 20.4. The van der Waals surface area contributed by atoms with Crippen molar-refractivity contribution in [2.75, 3.05) is 18.4 Å². The molecular weight excluding hydrogens is 430 g/mol. The van der Waals surface area contributed by atoms with Crippen molar-refractivity contribution in [1.82, 2.24) is 9.29 Å². The number of hydrogen-bond acceptors (Lipinski definition) is 5. The van der Waals surface area contributed by atoms with Gasteiger partial charge < -0.3 is 5.32 Å². The Bertz CT molecular complexity index is 1240. The van der Waals surface area contributed by atoms with Crippen molar-refractivity contribution in [3.05, 3.63) is 64.5 Å². The zero-order valence-electron chi connectivity index (χ0n) is 17.2. The molecule has 1 amide bonds. The quantitative estimate of drug-likeness (QED) is 0.505. The minimum absolute atomic E-state index is 0.0758. The summed E-state index contributed by atoms with van der Waals surface area (Å²) in [6.45, 7) is 2.61. The number of carbonyl (C=O) groups is 1. The summed E-state index contributed by atoms with van der Waals surface area (Å²) in [5.41, 5.74) is 4.40. The Morgan fingerprint density at radius 1 is 1.10 bits per heavy atom. The fourth-order valence-electron chi connectivity index (χ4n) is 4.24. The van der Waals surface area contributed by atoms with Crippen LogP contribution >= 0.6 is 11.3 Å². The maximum absolute atomic E-state index is 12.9. The smallest absolute Gasteiger partial charge is 0.243 e. The van der Waals surface area contributed by atoms with Gasteiger partial charge in [0.05, 0.1) is 10.6 Å². The number of sulfonamides is 1. The van der Waals surface area contributed by atoms with Crippen LogP contribution in [0.4, 0.5) is 5.13 Å². The number of anilines is 1. The van der Waals surface area contributed by atoms with Crippen molar-refractivity contribution >= 4 is 32.4 Å². The van der Waals surface area contributed by atoms with E-state index in [4.69, 9.17) is 0 Å². The van der Waals surface area contributed by atoms with E-state index in [9.17, 15) is 13.2 Å². The molecule has 0 unspecified atom stereocenters. The monoisotopic (exact) mass is 453 g/mol. The van der Waals surface area contributed by atoms with E-state index in [1.807, 2.05) is 19.1 Å². The van der Waals surface area contributed by atoms with Crippen LogP contribution < -0.4 is 5.32 Å². The summed E-state index contributed by atoms with van der Waals surface area (Å²) in [5, 5.41) is 3.59. The van der Waals surface area contributed by atoms with Gasteiger partial charge in [-0.2, -0.15) is 4.31 Å². The molecule has 1 aliphatic heterocycles. The first-order chi connectivity index (χ1) is 14.9. The van der Waals surface area contributed by atoms with Gasteiger partial charge in [0.1, 0.15) is 0 Å². The minimum Gasteiger partial charge on any atom is -0.302 e. The van der Waals surface area contributed by atoms with Gasteiger partial charge in [-0.15, -0.1) is 11.3 Å². The lowest BCUT2D eigenvalue weighted by Crippen LogP contribution is -2.41. The Labute approximate surface area is 186 Å². The lowest BCUT2D eigenvalue weighted by Gasteiger charge is -2.30. The molecule has 3 aromatic rings. The van der Waals surface area contributed by atoms with Crippen molar-refractivity contribution in [3.63, 3.8) is 0 Å². The van der Waals surface area contributed by atoms with Gasteiger partial charge in [-0.1, -0.05) is 42.0 Å². The maximum atomic E-state index is 12.9. The molecule has 1 N–H and O–H groups in total.